The zero-order valence-corrected chi connectivity index (χ0v) is 13.7. The van der Waals surface area contributed by atoms with Crippen LogP contribution in [-0.4, -0.2) is 37.1 Å². The van der Waals surface area contributed by atoms with Gasteiger partial charge in [0.1, 0.15) is 16.5 Å². The van der Waals surface area contributed by atoms with E-state index in [1.165, 1.54) is 12.3 Å². The molecular formula is C15H18N4O3S. The van der Waals surface area contributed by atoms with E-state index in [4.69, 9.17) is 0 Å². The Kier molecular flexibility index (Phi) is 5.28. The summed E-state index contributed by atoms with van der Waals surface area (Å²) in [5, 5.41) is 5.56. The van der Waals surface area contributed by atoms with Crippen LogP contribution in [0, 0.1) is 6.92 Å². The van der Waals surface area contributed by atoms with Crippen molar-refractivity contribution in [3.05, 3.63) is 42.2 Å². The van der Waals surface area contributed by atoms with Crippen molar-refractivity contribution < 1.29 is 13.2 Å². The van der Waals surface area contributed by atoms with E-state index >= 15 is 0 Å². The van der Waals surface area contributed by atoms with E-state index in [9.17, 15) is 13.2 Å². The summed E-state index contributed by atoms with van der Waals surface area (Å²) in [7, 11) is -3.37. The zero-order valence-electron chi connectivity index (χ0n) is 12.9. The van der Waals surface area contributed by atoms with Gasteiger partial charge in [-0.25, -0.2) is 18.4 Å². The Bertz CT molecular complexity index is 806. The molecule has 0 bridgehead atoms. The van der Waals surface area contributed by atoms with E-state index in [2.05, 4.69) is 20.6 Å². The van der Waals surface area contributed by atoms with Crippen molar-refractivity contribution in [1.82, 2.24) is 9.97 Å². The van der Waals surface area contributed by atoms with Crippen molar-refractivity contribution in [3.8, 4) is 0 Å². The van der Waals surface area contributed by atoms with Gasteiger partial charge in [-0.3, -0.25) is 4.79 Å². The lowest BCUT2D eigenvalue weighted by Crippen LogP contribution is -2.18. The van der Waals surface area contributed by atoms with Crippen LogP contribution >= 0.6 is 0 Å². The van der Waals surface area contributed by atoms with Crippen molar-refractivity contribution in [1.29, 1.82) is 0 Å². The van der Waals surface area contributed by atoms with Crippen LogP contribution in [-0.2, 0) is 14.6 Å². The first-order chi connectivity index (χ1) is 10.9. The molecule has 122 valence electrons. The van der Waals surface area contributed by atoms with Crippen molar-refractivity contribution in [3.63, 3.8) is 0 Å². The number of amides is 1. The summed E-state index contributed by atoms with van der Waals surface area (Å²) in [4.78, 5) is 20.2. The first kappa shape index (κ1) is 16.9. The second kappa shape index (κ2) is 7.19. The fraction of sp³-hybridized carbons (Fsp3) is 0.267. The molecule has 0 aliphatic carbocycles. The van der Waals surface area contributed by atoms with E-state index < -0.39 is 9.84 Å². The molecular weight excluding hydrogens is 316 g/mol. The molecule has 2 rings (SSSR count). The molecule has 2 aromatic heterocycles. The van der Waals surface area contributed by atoms with Gasteiger partial charge in [0.2, 0.25) is 5.91 Å². The highest BCUT2D eigenvalue weighted by atomic mass is 32.2. The van der Waals surface area contributed by atoms with E-state index in [0.29, 0.717) is 5.82 Å². The number of aryl methyl sites for hydroxylation is 1. The number of carbonyl (C=O) groups excluding carboxylic acids is 1. The van der Waals surface area contributed by atoms with Gasteiger partial charge in [-0.2, -0.15) is 0 Å². The van der Waals surface area contributed by atoms with Crippen LogP contribution in [0.1, 0.15) is 12.1 Å². The van der Waals surface area contributed by atoms with Gasteiger partial charge in [0.25, 0.3) is 0 Å². The van der Waals surface area contributed by atoms with Gasteiger partial charge in [-0.05, 0) is 31.2 Å². The van der Waals surface area contributed by atoms with Gasteiger partial charge >= 0.3 is 0 Å². The monoisotopic (exact) mass is 334 g/mol. The number of aromatic nitrogens is 2. The molecule has 23 heavy (non-hydrogen) atoms. The minimum Gasteiger partial charge on any atom is -0.368 e. The Labute approximate surface area is 135 Å². The number of hydrogen-bond acceptors (Lipinski definition) is 6. The summed E-state index contributed by atoms with van der Waals surface area (Å²) in [5.41, 5.74) is 0.812. The maximum Gasteiger partial charge on any atom is 0.227 e. The molecule has 0 aliphatic rings. The van der Waals surface area contributed by atoms with E-state index in [0.717, 1.165) is 11.9 Å². The molecule has 0 atom stereocenters. The number of sulfone groups is 1. The van der Waals surface area contributed by atoms with Crippen LogP contribution < -0.4 is 10.6 Å². The molecule has 0 unspecified atom stereocenters. The predicted octanol–water partition coefficient (Wildman–Crippen LogP) is 1.63. The molecule has 2 aromatic rings. The molecule has 8 heteroatoms. The van der Waals surface area contributed by atoms with Gasteiger partial charge in [0, 0.05) is 31.1 Å². The molecule has 0 aromatic carbocycles. The van der Waals surface area contributed by atoms with E-state index in [-0.39, 0.29) is 29.6 Å². The van der Waals surface area contributed by atoms with Gasteiger partial charge in [0.05, 0.1) is 0 Å². The van der Waals surface area contributed by atoms with Gasteiger partial charge in [-0.15, -0.1) is 0 Å². The lowest BCUT2D eigenvalue weighted by molar-refractivity contribution is -0.116. The Balaban J connectivity index is 1.92. The smallest absolute Gasteiger partial charge is 0.227 e. The number of nitrogens with zero attached hydrogens (tertiary/aromatic N) is 2. The molecule has 1 amide bonds. The fourth-order valence-electron chi connectivity index (χ4n) is 1.93. The number of hydrogen-bond donors (Lipinski definition) is 2. The van der Waals surface area contributed by atoms with Crippen molar-refractivity contribution in [2.75, 3.05) is 23.4 Å². The highest BCUT2D eigenvalue weighted by molar-refractivity contribution is 7.90. The standard InChI is InChI=1S/C15H18N4O3S/c1-11-5-3-7-13(18-11)19-14(20)8-10-17-15-12(23(2,21)22)6-4-9-16-15/h3-7,9H,8,10H2,1-2H3,(H,16,17)(H,18,19,20). The van der Waals surface area contributed by atoms with Crippen molar-refractivity contribution in [2.45, 2.75) is 18.2 Å². The van der Waals surface area contributed by atoms with E-state index in [1.54, 1.807) is 12.1 Å². The van der Waals surface area contributed by atoms with Crippen LogP contribution in [0.5, 0.6) is 0 Å². The Morgan fingerprint density at radius 2 is 2.00 bits per heavy atom. The van der Waals surface area contributed by atoms with Crippen molar-refractivity contribution >= 4 is 27.4 Å². The summed E-state index contributed by atoms with van der Waals surface area (Å²) in [5.74, 6) is 0.522. The van der Waals surface area contributed by atoms with E-state index in [1.807, 2.05) is 19.1 Å². The summed E-state index contributed by atoms with van der Waals surface area (Å²) in [6, 6.07) is 8.38. The third kappa shape index (κ3) is 5.03. The molecule has 0 saturated heterocycles. The summed E-state index contributed by atoms with van der Waals surface area (Å²) < 4.78 is 23.3. The van der Waals surface area contributed by atoms with Crippen LogP contribution in [0.3, 0.4) is 0 Å². The van der Waals surface area contributed by atoms with Crippen LogP contribution in [0.2, 0.25) is 0 Å². The maximum atomic E-state index is 11.9. The Morgan fingerprint density at radius 1 is 1.22 bits per heavy atom. The molecule has 0 spiro atoms. The van der Waals surface area contributed by atoms with Gasteiger partial charge in [0.15, 0.2) is 9.84 Å². The van der Waals surface area contributed by atoms with Gasteiger partial charge in [-0.1, -0.05) is 6.07 Å². The molecule has 0 aliphatic heterocycles. The van der Waals surface area contributed by atoms with Crippen LogP contribution in [0.15, 0.2) is 41.4 Å². The quantitative estimate of drug-likeness (QED) is 0.832. The molecule has 2 heterocycles. The predicted molar refractivity (Wildman–Crippen MR) is 88.1 cm³/mol. The number of nitrogens with one attached hydrogen (secondary N) is 2. The highest BCUT2D eigenvalue weighted by Crippen LogP contribution is 2.17. The van der Waals surface area contributed by atoms with Crippen LogP contribution in [0.25, 0.3) is 0 Å². The third-order valence-electron chi connectivity index (χ3n) is 2.97. The SMILES string of the molecule is Cc1cccc(NC(=O)CCNc2ncccc2S(C)(=O)=O)n1. The van der Waals surface area contributed by atoms with Crippen molar-refractivity contribution in [2.24, 2.45) is 0 Å². The summed E-state index contributed by atoms with van der Waals surface area (Å²) >= 11 is 0. The minimum atomic E-state index is -3.37. The fourth-order valence-corrected chi connectivity index (χ4v) is 2.74. The molecule has 0 fully saturated rings. The summed E-state index contributed by atoms with van der Waals surface area (Å²) in [6.45, 7) is 2.10. The lowest BCUT2D eigenvalue weighted by Gasteiger charge is -2.09. The van der Waals surface area contributed by atoms with Crippen LogP contribution in [0.4, 0.5) is 11.6 Å². The molecule has 7 nitrogen and oxygen atoms in total. The number of carbonyl (C=O) groups is 1. The minimum absolute atomic E-state index is 0.112. The maximum absolute atomic E-state index is 11.9. The number of rotatable bonds is 6. The largest absolute Gasteiger partial charge is 0.368 e. The highest BCUT2D eigenvalue weighted by Gasteiger charge is 2.13. The first-order valence-electron chi connectivity index (χ1n) is 6.99. The Hall–Kier alpha value is -2.48. The molecule has 0 saturated carbocycles. The summed E-state index contributed by atoms with van der Waals surface area (Å²) in [6.07, 6.45) is 2.77. The number of anilines is 2. The second-order valence-corrected chi connectivity index (χ2v) is 7.00. The lowest BCUT2D eigenvalue weighted by atomic mass is 10.3. The average molecular weight is 334 g/mol. The first-order valence-corrected chi connectivity index (χ1v) is 8.88. The normalized spacial score (nSPS) is 11.0. The third-order valence-corrected chi connectivity index (χ3v) is 4.10. The zero-order chi connectivity index (χ0) is 16.9. The molecule has 2 N–H and O–H groups in total. The Morgan fingerprint density at radius 3 is 2.70 bits per heavy atom. The average Bonchev–Trinajstić information content (AvgIpc) is 2.46. The second-order valence-electron chi connectivity index (χ2n) is 5.01. The molecule has 0 radical (unpaired) electrons. The number of pyridine rings is 2. The topological polar surface area (TPSA) is 101 Å². The van der Waals surface area contributed by atoms with Gasteiger partial charge < -0.3 is 10.6 Å².